The van der Waals surface area contributed by atoms with Crippen LogP contribution in [-0.2, 0) is 13.6 Å². The standard InChI is InChI=1S/C15H14ClN5O/c1-20-13(6-8-17-20)15(22)18-14-7-9-21(19-14)10-11-2-4-12(16)5-3-11/h2-9H,10H2,1H3,(H,18,19,22). The molecule has 1 amide bonds. The van der Waals surface area contributed by atoms with Gasteiger partial charge < -0.3 is 5.32 Å². The lowest BCUT2D eigenvalue weighted by Gasteiger charge is -2.03. The summed E-state index contributed by atoms with van der Waals surface area (Å²) in [4.78, 5) is 12.1. The van der Waals surface area contributed by atoms with Crippen LogP contribution in [0.4, 0.5) is 5.82 Å². The maximum absolute atomic E-state index is 12.1. The Bertz CT molecular complexity index is 790. The van der Waals surface area contributed by atoms with Crippen LogP contribution in [0.1, 0.15) is 16.1 Å². The molecule has 2 heterocycles. The van der Waals surface area contributed by atoms with Gasteiger partial charge >= 0.3 is 0 Å². The Morgan fingerprint density at radius 2 is 2.00 bits per heavy atom. The van der Waals surface area contributed by atoms with Crippen molar-refractivity contribution in [2.75, 3.05) is 5.32 Å². The van der Waals surface area contributed by atoms with Crippen molar-refractivity contribution >= 4 is 23.3 Å². The summed E-state index contributed by atoms with van der Waals surface area (Å²) in [5.74, 6) is 0.261. The number of rotatable bonds is 4. The molecule has 3 aromatic rings. The van der Waals surface area contributed by atoms with Gasteiger partial charge in [-0.2, -0.15) is 10.2 Å². The fourth-order valence-electron chi connectivity index (χ4n) is 2.07. The topological polar surface area (TPSA) is 64.7 Å². The minimum Gasteiger partial charge on any atom is -0.304 e. The molecule has 0 saturated heterocycles. The zero-order valence-corrected chi connectivity index (χ0v) is 12.7. The molecule has 0 aliphatic carbocycles. The fourth-order valence-corrected chi connectivity index (χ4v) is 2.20. The molecule has 0 fully saturated rings. The van der Waals surface area contributed by atoms with Crippen molar-refractivity contribution in [2.24, 2.45) is 7.05 Å². The van der Waals surface area contributed by atoms with Gasteiger partial charge in [-0.05, 0) is 23.8 Å². The van der Waals surface area contributed by atoms with E-state index in [4.69, 9.17) is 11.6 Å². The van der Waals surface area contributed by atoms with E-state index in [1.165, 1.54) is 4.68 Å². The number of benzene rings is 1. The summed E-state index contributed by atoms with van der Waals surface area (Å²) in [7, 11) is 1.72. The average Bonchev–Trinajstić information content (AvgIpc) is 3.10. The Morgan fingerprint density at radius 3 is 2.68 bits per heavy atom. The number of carbonyl (C=O) groups is 1. The monoisotopic (exact) mass is 315 g/mol. The van der Waals surface area contributed by atoms with E-state index >= 15 is 0 Å². The molecule has 0 saturated carbocycles. The Kier molecular flexibility index (Phi) is 3.93. The zero-order chi connectivity index (χ0) is 15.5. The third-order valence-electron chi connectivity index (χ3n) is 3.19. The molecule has 0 spiro atoms. The first-order valence-electron chi connectivity index (χ1n) is 6.69. The average molecular weight is 316 g/mol. The Morgan fingerprint density at radius 1 is 1.23 bits per heavy atom. The van der Waals surface area contributed by atoms with E-state index in [0.29, 0.717) is 23.1 Å². The molecule has 1 aromatic carbocycles. The molecule has 1 N–H and O–H groups in total. The van der Waals surface area contributed by atoms with E-state index in [0.717, 1.165) is 5.56 Å². The van der Waals surface area contributed by atoms with Crippen molar-refractivity contribution in [1.29, 1.82) is 0 Å². The molecule has 0 atom stereocenters. The summed E-state index contributed by atoms with van der Waals surface area (Å²) in [5.41, 5.74) is 1.56. The van der Waals surface area contributed by atoms with Crippen LogP contribution in [0.25, 0.3) is 0 Å². The third-order valence-corrected chi connectivity index (χ3v) is 3.45. The number of hydrogen-bond donors (Lipinski definition) is 1. The first-order valence-corrected chi connectivity index (χ1v) is 7.07. The summed E-state index contributed by atoms with van der Waals surface area (Å²) >= 11 is 5.86. The number of anilines is 1. The molecule has 112 valence electrons. The molecule has 22 heavy (non-hydrogen) atoms. The zero-order valence-electron chi connectivity index (χ0n) is 11.9. The SMILES string of the molecule is Cn1nccc1C(=O)Nc1ccn(Cc2ccc(Cl)cc2)n1. The van der Waals surface area contributed by atoms with Crippen molar-refractivity contribution in [3.05, 3.63) is 65.1 Å². The quantitative estimate of drug-likeness (QED) is 0.804. The van der Waals surface area contributed by atoms with Crippen LogP contribution in [0.5, 0.6) is 0 Å². The highest BCUT2D eigenvalue weighted by Gasteiger charge is 2.11. The minimum atomic E-state index is -0.239. The number of aromatic nitrogens is 4. The lowest BCUT2D eigenvalue weighted by molar-refractivity contribution is 0.101. The first kappa shape index (κ1) is 14.3. The fraction of sp³-hybridized carbons (Fsp3) is 0.133. The van der Waals surface area contributed by atoms with Crippen molar-refractivity contribution in [2.45, 2.75) is 6.54 Å². The van der Waals surface area contributed by atoms with Gasteiger partial charge in [0.15, 0.2) is 5.82 Å². The highest BCUT2D eigenvalue weighted by Crippen LogP contribution is 2.12. The van der Waals surface area contributed by atoms with Gasteiger partial charge in [0.2, 0.25) is 0 Å². The van der Waals surface area contributed by atoms with Crippen molar-refractivity contribution < 1.29 is 4.79 Å². The number of amides is 1. The normalized spacial score (nSPS) is 10.6. The second kappa shape index (κ2) is 6.03. The highest BCUT2D eigenvalue weighted by molar-refractivity contribution is 6.30. The molecule has 0 aliphatic rings. The van der Waals surface area contributed by atoms with Crippen LogP contribution in [0.2, 0.25) is 5.02 Å². The molecule has 7 heteroatoms. The third kappa shape index (κ3) is 3.17. The first-order chi connectivity index (χ1) is 10.6. The van der Waals surface area contributed by atoms with Crippen molar-refractivity contribution in [3.63, 3.8) is 0 Å². The van der Waals surface area contributed by atoms with Crippen LogP contribution >= 0.6 is 11.6 Å². The number of aryl methyl sites for hydroxylation is 1. The Hall–Kier alpha value is -2.60. The summed E-state index contributed by atoms with van der Waals surface area (Å²) < 4.78 is 3.27. The maximum atomic E-state index is 12.1. The van der Waals surface area contributed by atoms with E-state index in [9.17, 15) is 4.79 Å². The Balaban J connectivity index is 1.67. The van der Waals surface area contributed by atoms with Crippen LogP contribution in [0.15, 0.2) is 48.8 Å². The van der Waals surface area contributed by atoms with Gasteiger partial charge in [0, 0.05) is 30.5 Å². The number of carbonyl (C=O) groups excluding carboxylic acids is 1. The molecule has 0 aliphatic heterocycles. The van der Waals surface area contributed by atoms with Crippen molar-refractivity contribution in [1.82, 2.24) is 19.6 Å². The number of hydrogen-bond acceptors (Lipinski definition) is 3. The van der Waals surface area contributed by atoms with Crippen LogP contribution < -0.4 is 5.32 Å². The van der Waals surface area contributed by atoms with E-state index < -0.39 is 0 Å². The van der Waals surface area contributed by atoms with Gasteiger partial charge in [0.1, 0.15) is 5.69 Å². The van der Waals surface area contributed by atoms with Gasteiger partial charge in [0.25, 0.3) is 5.91 Å². The lowest BCUT2D eigenvalue weighted by atomic mass is 10.2. The second-order valence-electron chi connectivity index (χ2n) is 4.82. The van der Waals surface area contributed by atoms with E-state index in [1.807, 2.05) is 30.5 Å². The molecule has 3 rings (SSSR count). The lowest BCUT2D eigenvalue weighted by Crippen LogP contribution is -2.16. The molecule has 0 radical (unpaired) electrons. The number of nitrogens with zero attached hydrogens (tertiary/aromatic N) is 4. The van der Waals surface area contributed by atoms with E-state index in [1.54, 1.807) is 30.1 Å². The van der Waals surface area contributed by atoms with Crippen LogP contribution in [0.3, 0.4) is 0 Å². The molecular weight excluding hydrogens is 302 g/mol. The Labute approximate surface area is 132 Å². The number of nitrogens with one attached hydrogen (secondary N) is 1. The highest BCUT2D eigenvalue weighted by atomic mass is 35.5. The minimum absolute atomic E-state index is 0.239. The molecule has 0 unspecified atom stereocenters. The van der Waals surface area contributed by atoms with Crippen LogP contribution in [-0.4, -0.2) is 25.5 Å². The van der Waals surface area contributed by atoms with E-state index in [2.05, 4.69) is 15.5 Å². The maximum Gasteiger partial charge on any atom is 0.275 e. The van der Waals surface area contributed by atoms with Gasteiger partial charge in [0.05, 0.1) is 6.54 Å². The number of halogens is 1. The van der Waals surface area contributed by atoms with Crippen molar-refractivity contribution in [3.8, 4) is 0 Å². The van der Waals surface area contributed by atoms with E-state index in [-0.39, 0.29) is 5.91 Å². The summed E-state index contributed by atoms with van der Waals surface area (Å²) in [6.45, 7) is 0.610. The summed E-state index contributed by atoms with van der Waals surface area (Å²) in [6, 6.07) is 11.0. The summed E-state index contributed by atoms with van der Waals surface area (Å²) in [5, 5.41) is 11.7. The predicted molar refractivity (Wildman–Crippen MR) is 83.9 cm³/mol. The molecule has 0 bridgehead atoms. The molecule has 2 aromatic heterocycles. The van der Waals surface area contributed by atoms with Gasteiger partial charge in [-0.25, -0.2) is 0 Å². The van der Waals surface area contributed by atoms with Crippen LogP contribution in [0, 0.1) is 0 Å². The second-order valence-corrected chi connectivity index (χ2v) is 5.26. The predicted octanol–water partition coefficient (Wildman–Crippen LogP) is 2.57. The summed E-state index contributed by atoms with van der Waals surface area (Å²) in [6.07, 6.45) is 3.39. The largest absolute Gasteiger partial charge is 0.304 e. The smallest absolute Gasteiger partial charge is 0.275 e. The van der Waals surface area contributed by atoms with Gasteiger partial charge in [-0.3, -0.25) is 14.2 Å². The van der Waals surface area contributed by atoms with Gasteiger partial charge in [-0.15, -0.1) is 0 Å². The van der Waals surface area contributed by atoms with Gasteiger partial charge in [-0.1, -0.05) is 23.7 Å². The molecule has 6 nitrogen and oxygen atoms in total. The molecular formula is C15H14ClN5O.